The molecule has 0 spiro atoms. The first kappa shape index (κ1) is 21.8. The second kappa shape index (κ2) is 7.92. The van der Waals surface area contributed by atoms with E-state index < -0.39 is 21.7 Å². The van der Waals surface area contributed by atoms with Crippen LogP contribution < -0.4 is 9.62 Å². The Morgan fingerprint density at radius 3 is 2.59 bits per heavy atom. The Kier molecular flexibility index (Phi) is 5.39. The minimum absolute atomic E-state index is 0.0571. The number of hydrogen-bond donors (Lipinski definition) is 1. The van der Waals surface area contributed by atoms with Crippen LogP contribution in [0.15, 0.2) is 53.7 Å². The minimum Gasteiger partial charge on any atom is -0.321 e. The lowest BCUT2D eigenvalue weighted by Gasteiger charge is -2.18. The lowest BCUT2D eigenvalue weighted by atomic mass is 10.1. The van der Waals surface area contributed by atoms with Crippen molar-refractivity contribution < 1.29 is 17.6 Å². The van der Waals surface area contributed by atoms with Crippen molar-refractivity contribution in [3.8, 4) is 0 Å². The van der Waals surface area contributed by atoms with E-state index in [1.807, 2.05) is 0 Å². The molecule has 1 amide bonds. The van der Waals surface area contributed by atoms with E-state index in [-0.39, 0.29) is 15.6 Å². The van der Waals surface area contributed by atoms with E-state index in [2.05, 4.69) is 15.5 Å². The lowest BCUT2D eigenvalue weighted by molar-refractivity contribution is 0.101. The van der Waals surface area contributed by atoms with E-state index in [9.17, 15) is 17.6 Å². The molecule has 2 aromatic heterocycles. The first-order chi connectivity index (χ1) is 15.1. The van der Waals surface area contributed by atoms with E-state index in [0.717, 1.165) is 10.4 Å². The van der Waals surface area contributed by atoms with Crippen molar-refractivity contribution >= 4 is 49.8 Å². The highest BCUT2D eigenvalue weighted by atomic mass is 35.5. The fraction of sp³-hybridized carbons (Fsp3) is 0.150. The van der Waals surface area contributed by atoms with Crippen molar-refractivity contribution in [2.24, 2.45) is 14.1 Å². The van der Waals surface area contributed by atoms with Crippen LogP contribution in [-0.4, -0.2) is 40.9 Å². The molecule has 0 bridgehead atoms. The molecular weight excluding hydrogens is 459 g/mol. The third kappa shape index (κ3) is 3.80. The van der Waals surface area contributed by atoms with Crippen LogP contribution in [0.3, 0.4) is 0 Å². The van der Waals surface area contributed by atoms with Crippen molar-refractivity contribution in [2.45, 2.75) is 4.90 Å². The Morgan fingerprint density at radius 2 is 1.94 bits per heavy atom. The fourth-order valence-corrected chi connectivity index (χ4v) is 4.60. The number of hydrogen-bond acceptors (Lipinski definition) is 5. The zero-order valence-electron chi connectivity index (χ0n) is 17.2. The van der Waals surface area contributed by atoms with Crippen molar-refractivity contribution in [3.63, 3.8) is 0 Å². The van der Waals surface area contributed by atoms with Gasteiger partial charge in [-0.15, -0.1) is 0 Å². The highest BCUT2D eigenvalue weighted by molar-refractivity contribution is 7.92. The summed E-state index contributed by atoms with van der Waals surface area (Å²) in [6.45, 7) is 0. The maximum Gasteiger partial charge on any atom is 0.274 e. The monoisotopic (exact) mass is 476 g/mol. The number of benzene rings is 2. The number of amides is 1. The average Bonchev–Trinajstić information content (AvgIpc) is 3.32. The Labute approximate surface area is 188 Å². The Balaban J connectivity index is 1.67. The van der Waals surface area contributed by atoms with Gasteiger partial charge in [0.2, 0.25) is 0 Å². The molecule has 4 aromatic rings. The molecule has 166 valence electrons. The maximum absolute atomic E-state index is 13.4. The van der Waals surface area contributed by atoms with Crippen molar-refractivity contribution in [1.29, 1.82) is 0 Å². The average molecular weight is 477 g/mol. The van der Waals surface area contributed by atoms with Gasteiger partial charge in [0, 0.05) is 38.4 Å². The topological polar surface area (TPSA) is 102 Å². The van der Waals surface area contributed by atoms with Crippen molar-refractivity contribution in [3.05, 3.63) is 65.3 Å². The molecule has 0 fully saturated rings. The molecule has 0 saturated heterocycles. The van der Waals surface area contributed by atoms with Crippen LogP contribution in [0.2, 0.25) is 5.02 Å². The maximum atomic E-state index is 13.4. The van der Waals surface area contributed by atoms with E-state index in [0.29, 0.717) is 22.3 Å². The molecule has 2 aromatic carbocycles. The van der Waals surface area contributed by atoms with Gasteiger partial charge in [-0.2, -0.15) is 10.2 Å². The van der Waals surface area contributed by atoms with Crippen LogP contribution >= 0.6 is 11.6 Å². The zero-order valence-corrected chi connectivity index (χ0v) is 18.8. The molecule has 1 N–H and O–H groups in total. The number of halogens is 2. The van der Waals surface area contributed by atoms with Crippen molar-refractivity contribution in [2.75, 3.05) is 16.7 Å². The molecule has 32 heavy (non-hydrogen) atoms. The normalized spacial score (nSPS) is 11.7. The summed E-state index contributed by atoms with van der Waals surface area (Å²) in [6.07, 6.45) is 2.69. The number of carbonyl (C=O) groups excluding carboxylic acids is 1. The van der Waals surface area contributed by atoms with Gasteiger partial charge in [-0.05, 0) is 36.4 Å². The number of nitrogens with zero attached hydrogens (tertiary/aromatic N) is 5. The quantitative estimate of drug-likeness (QED) is 0.476. The molecule has 0 aliphatic rings. The predicted molar refractivity (Wildman–Crippen MR) is 119 cm³/mol. The molecule has 4 rings (SSSR count). The van der Waals surface area contributed by atoms with Crippen LogP contribution in [0.4, 0.5) is 15.8 Å². The highest BCUT2D eigenvalue weighted by Crippen LogP contribution is 2.28. The first-order valence-electron chi connectivity index (χ1n) is 9.28. The van der Waals surface area contributed by atoms with Crippen LogP contribution in [0.25, 0.3) is 10.9 Å². The van der Waals surface area contributed by atoms with Gasteiger partial charge in [0.25, 0.3) is 15.9 Å². The molecule has 0 atom stereocenters. The molecule has 12 heteroatoms. The SMILES string of the molecule is CN(c1ccc2c(C(=O)Nc3ccc(F)c(Cl)c3)n(C)nc2c1)S(=O)(=O)c1cnn(C)c1. The van der Waals surface area contributed by atoms with Crippen LogP contribution in [0, 0.1) is 5.82 Å². The summed E-state index contributed by atoms with van der Waals surface area (Å²) >= 11 is 5.78. The van der Waals surface area contributed by atoms with E-state index in [1.165, 1.54) is 40.9 Å². The van der Waals surface area contributed by atoms with Gasteiger partial charge < -0.3 is 5.32 Å². The number of aryl methyl sites for hydroxylation is 2. The predicted octanol–water partition coefficient (Wildman–Crippen LogP) is 3.18. The molecule has 0 unspecified atom stereocenters. The summed E-state index contributed by atoms with van der Waals surface area (Å²) in [5.41, 5.74) is 1.39. The van der Waals surface area contributed by atoms with Gasteiger partial charge in [0.05, 0.1) is 22.4 Å². The number of anilines is 2. The Bertz CT molecular complexity index is 1460. The zero-order chi connectivity index (χ0) is 23.2. The summed E-state index contributed by atoms with van der Waals surface area (Å²) < 4.78 is 43.0. The second-order valence-corrected chi connectivity index (χ2v) is 9.46. The standard InChI is InChI=1S/C20H18ClFN6O3S/c1-26-11-14(10-23-26)32(30,31)28(3)13-5-6-15-18(9-13)25-27(2)19(15)20(29)24-12-4-7-17(22)16(21)8-12/h4-11H,1-3H3,(H,24,29). The second-order valence-electron chi connectivity index (χ2n) is 7.08. The minimum atomic E-state index is -3.81. The van der Waals surface area contributed by atoms with Gasteiger partial charge in [0.15, 0.2) is 0 Å². The van der Waals surface area contributed by atoms with Gasteiger partial charge in [-0.3, -0.25) is 18.5 Å². The lowest BCUT2D eigenvalue weighted by Crippen LogP contribution is -2.26. The number of rotatable bonds is 5. The summed E-state index contributed by atoms with van der Waals surface area (Å²) in [5.74, 6) is -1.06. The van der Waals surface area contributed by atoms with Crippen molar-refractivity contribution in [1.82, 2.24) is 19.6 Å². The summed E-state index contributed by atoms with van der Waals surface area (Å²) in [5, 5.41) is 11.3. The molecule has 0 aliphatic heterocycles. The Morgan fingerprint density at radius 1 is 1.19 bits per heavy atom. The first-order valence-corrected chi connectivity index (χ1v) is 11.1. The Hall–Kier alpha value is -3.44. The van der Waals surface area contributed by atoms with Gasteiger partial charge in [0.1, 0.15) is 16.4 Å². The third-order valence-corrected chi connectivity index (χ3v) is 6.94. The number of carbonyl (C=O) groups is 1. The van der Waals surface area contributed by atoms with Crippen LogP contribution in [0.1, 0.15) is 10.5 Å². The molecule has 2 heterocycles. The molecule has 0 aliphatic carbocycles. The molecular formula is C20H18ClFN6O3S. The summed E-state index contributed by atoms with van der Waals surface area (Å²) in [4.78, 5) is 12.9. The largest absolute Gasteiger partial charge is 0.321 e. The molecule has 0 saturated carbocycles. The number of nitrogens with one attached hydrogen (secondary N) is 1. The third-order valence-electron chi connectivity index (χ3n) is 4.91. The summed E-state index contributed by atoms with van der Waals surface area (Å²) in [6, 6.07) is 8.65. The highest BCUT2D eigenvalue weighted by Gasteiger charge is 2.24. The fourth-order valence-electron chi connectivity index (χ4n) is 3.25. The van der Waals surface area contributed by atoms with E-state index >= 15 is 0 Å². The van der Waals surface area contributed by atoms with Gasteiger partial charge >= 0.3 is 0 Å². The van der Waals surface area contributed by atoms with E-state index in [1.54, 1.807) is 32.3 Å². The van der Waals surface area contributed by atoms with Gasteiger partial charge in [-0.1, -0.05) is 11.6 Å². The summed E-state index contributed by atoms with van der Waals surface area (Å²) in [7, 11) is 0.844. The van der Waals surface area contributed by atoms with Crippen LogP contribution in [0.5, 0.6) is 0 Å². The van der Waals surface area contributed by atoms with Crippen LogP contribution in [-0.2, 0) is 24.1 Å². The number of aromatic nitrogens is 4. The number of fused-ring (bicyclic) bond motifs is 1. The molecule has 0 radical (unpaired) electrons. The van der Waals surface area contributed by atoms with E-state index in [4.69, 9.17) is 11.6 Å². The smallest absolute Gasteiger partial charge is 0.274 e. The molecule has 9 nitrogen and oxygen atoms in total. The van der Waals surface area contributed by atoms with Gasteiger partial charge in [-0.25, -0.2) is 12.8 Å². The number of sulfonamides is 1.